The van der Waals surface area contributed by atoms with Crippen LogP contribution >= 0.6 is 0 Å². The SMILES string of the molecule is CCc1c(C(=O)O)nnn1CCCCOc1ccc(C)cc1. The van der Waals surface area contributed by atoms with Crippen molar-refractivity contribution in [1.82, 2.24) is 15.0 Å². The summed E-state index contributed by atoms with van der Waals surface area (Å²) in [6.45, 7) is 5.23. The zero-order valence-corrected chi connectivity index (χ0v) is 13.0. The number of carboxylic acid groups (broad SMARTS) is 1. The maximum atomic E-state index is 11.0. The van der Waals surface area contributed by atoms with E-state index in [9.17, 15) is 4.79 Å². The van der Waals surface area contributed by atoms with Crippen molar-refractivity contribution in [2.75, 3.05) is 6.61 Å². The van der Waals surface area contributed by atoms with Crippen LogP contribution in [0.15, 0.2) is 24.3 Å². The highest BCUT2D eigenvalue weighted by molar-refractivity contribution is 5.86. The van der Waals surface area contributed by atoms with Crippen LogP contribution in [0, 0.1) is 6.92 Å². The van der Waals surface area contributed by atoms with Crippen LogP contribution in [-0.2, 0) is 13.0 Å². The predicted octanol–water partition coefficient (Wildman–Crippen LogP) is 2.71. The number of nitrogens with zero attached hydrogens (tertiary/aromatic N) is 3. The van der Waals surface area contributed by atoms with E-state index in [1.54, 1.807) is 4.68 Å². The number of aryl methyl sites for hydroxylation is 2. The van der Waals surface area contributed by atoms with Crippen molar-refractivity contribution >= 4 is 5.97 Å². The lowest BCUT2D eigenvalue weighted by molar-refractivity contribution is 0.0689. The molecule has 0 fully saturated rings. The van der Waals surface area contributed by atoms with Crippen molar-refractivity contribution in [2.24, 2.45) is 0 Å². The molecule has 0 aliphatic heterocycles. The highest BCUT2D eigenvalue weighted by Crippen LogP contribution is 2.12. The Bertz CT molecular complexity index is 620. The highest BCUT2D eigenvalue weighted by Gasteiger charge is 2.16. The molecule has 0 unspecified atom stereocenters. The third-order valence-electron chi connectivity index (χ3n) is 3.43. The molecule has 0 saturated carbocycles. The van der Waals surface area contributed by atoms with E-state index in [1.165, 1.54) is 5.56 Å². The third-order valence-corrected chi connectivity index (χ3v) is 3.43. The number of aromatic nitrogens is 3. The van der Waals surface area contributed by atoms with Crippen LogP contribution in [0.4, 0.5) is 0 Å². The Morgan fingerprint density at radius 3 is 2.64 bits per heavy atom. The molecule has 1 aromatic heterocycles. The molecule has 0 radical (unpaired) electrons. The van der Waals surface area contributed by atoms with Crippen molar-refractivity contribution in [1.29, 1.82) is 0 Å². The Morgan fingerprint density at radius 1 is 1.27 bits per heavy atom. The molecule has 1 heterocycles. The Morgan fingerprint density at radius 2 is 2.00 bits per heavy atom. The second-order valence-electron chi connectivity index (χ2n) is 5.14. The van der Waals surface area contributed by atoms with Crippen LogP contribution < -0.4 is 4.74 Å². The van der Waals surface area contributed by atoms with E-state index < -0.39 is 5.97 Å². The van der Waals surface area contributed by atoms with E-state index in [0.717, 1.165) is 18.6 Å². The van der Waals surface area contributed by atoms with Crippen molar-refractivity contribution in [3.8, 4) is 5.75 Å². The average Bonchev–Trinajstić information content (AvgIpc) is 2.92. The largest absolute Gasteiger partial charge is 0.494 e. The Labute approximate surface area is 129 Å². The van der Waals surface area contributed by atoms with E-state index >= 15 is 0 Å². The molecule has 0 aliphatic carbocycles. The number of unbranched alkanes of at least 4 members (excludes halogenated alkanes) is 1. The summed E-state index contributed by atoms with van der Waals surface area (Å²) in [5.41, 5.74) is 1.94. The Balaban J connectivity index is 1.77. The van der Waals surface area contributed by atoms with Gasteiger partial charge in [-0.15, -0.1) is 5.10 Å². The first-order valence-electron chi connectivity index (χ1n) is 7.47. The van der Waals surface area contributed by atoms with Crippen LogP contribution in [0.25, 0.3) is 0 Å². The van der Waals surface area contributed by atoms with Crippen LogP contribution in [0.3, 0.4) is 0 Å². The topological polar surface area (TPSA) is 77.2 Å². The number of hydrogen-bond acceptors (Lipinski definition) is 4. The molecule has 22 heavy (non-hydrogen) atoms. The zero-order valence-electron chi connectivity index (χ0n) is 13.0. The van der Waals surface area contributed by atoms with Gasteiger partial charge in [-0.3, -0.25) is 0 Å². The number of benzene rings is 1. The van der Waals surface area contributed by atoms with Crippen LogP contribution in [0.5, 0.6) is 5.75 Å². The quantitative estimate of drug-likeness (QED) is 0.759. The third kappa shape index (κ3) is 4.07. The maximum absolute atomic E-state index is 11.0. The minimum absolute atomic E-state index is 0.0541. The predicted molar refractivity (Wildman–Crippen MR) is 82.3 cm³/mol. The molecule has 0 saturated heterocycles. The van der Waals surface area contributed by atoms with Crippen LogP contribution in [0.2, 0.25) is 0 Å². The molecule has 6 nitrogen and oxygen atoms in total. The van der Waals surface area contributed by atoms with Crippen molar-refractivity contribution in [3.05, 3.63) is 41.2 Å². The number of ether oxygens (including phenoxy) is 1. The van der Waals surface area contributed by atoms with E-state index in [4.69, 9.17) is 9.84 Å². The molecule has 1 N–H and O–H groups in total. The molecule has 0 aliphatic rings. The molecule has 0 spiro atoms. The van der Waals surface area contributed by atoms with Crippen LogP contribution in [0.1, 0.15) is 41.5 Å². The lowest BCUT2D eigenvalue weighted by atomic mass is 10.2. The zero-order chi connectivity index (χ0) is 15.9. The molecule has 6 heteroatoms. The van der Waals surface area contributed by atoms with Gasteiger partial charge in [0.2, 0.25) is 0 Å². The lowest BCUT2D eigenvalue weighted by Crippen LogP contribution is -2.09. The van der Waals surface area contributed by atoms with Crippen molar-refractivity contribution < 1.29 is 14.6 Å². The lowest BCUT2D eigenvalue weighted by Gasteiger charge is -2.07. The van der Waals surface area contributed by atoms with Gasteiger partial charge in [-0.1, -0.05) is 29.8 Å². The van der Waals surface area contributed by atoms with E-state index in [0.29, 0.717) is 25.3 Å². The van der Waals surface area contributed by atoms with E-state index in [-0.39, 0.29) is 5.69 Å². The fourth-order valence-electron chi connectivity index (χ4n) is 2.22. The van der Waals surface area contributed by atoms with Gasteiger partial charge in [-0.05, 0) is 38.3 Å². The first kappa shape index (κ1) is 16.0. The normalized spacial score (nSPS) is 10.6. The molecule has 0 amide bonds. The van der Waals surface area contributed by atoms with E-state index in [2.05, 4.69) is 10.3 Å². The highest BCUT2D eigenvalue weighted by atomic mass is 16.5. The van der Waals surface area contributed by atoms with Gasteiger partial charge in [0.25, 0.3) is 0 Å². The first-order chi connectivity index (χ1) is 10.6. The maximum Gasteiger partial charge on any atom is 0.358 e. The second kappa shape index (κ2) is 7.59. The minimum atomic E-state index is -1.02. The fourth-order valence-corrected chi connectivity index (χ4v) is 2.22. The Kier molecular flexibility index (Phi) is 5.52. The standard InChI is InChI=1S/C16H21N3O3/c1-3-14-15(16(20)21)17-18-19(14)10-4-5-11-22-13-8-6-12(2)7-9-13/h6-9H,3-5,10-11H2,1-2H3,(H,20,21). The Hall–Kier alpha value is -2.37. The summed E-state index contributed by atoms with van der Waals surface area (Å²) >= 11 is 0. The molecule has 118 valence electrons. The summed E-state index contributed by atoms with van der Waals surface area (Å²) in [6, 6.07) is 7.96. The molecule has 2 aromatic rings. The fraction of sp³-hybridized carbons (Fsp3) is 0.438. The first-order valence-corrected chi connectivity index (χ1v) is 7.47. The molecule has 0 bridgehead atoms. The molecular weight excluding hydrogens is 282 g/mol. The summed E-state index contributed by atoms with van der Waals surface area (Å²) in [4.78, 5) is 11.0. The van der Waals surface area contributed by atoms with E-state index in [1.807, 2.05) is 38.1 Å². The van der Waals surface area contributed by atoms with Gasteiger partial charge in [0.05, 0.1) is 12.3 Å². The summed E-state index contributed by atoms with van der Waals surface area (Å²) in [7, 11) is 0. The summed E-state index contributed by atoms with van der Waals surface area (Å²) in [5.74, 6) is -0.153. The van der Waals surface area contributed by atoms with Gasteiger partial charge < -0.3 is 9.84 Å². The minimum Gasteiger partial charge on any atom is -0.494 e. The summed E-state index contributed by atoms with van der Waals surface area (Å²) in [6.07, 6.45) is 2.34. The van der Waals surface area contributed by atoms with Crippen LogP contribution in [-0.4, -0.2) is 32.7 Å². The van der Waals surface area contributed by atoms with Gasteiger partial charge in [0, 0.05) is 6.54 Å². The molecule has 2 rings (SSSR count). The smallest absolute Gasteiger partial charge is 0.358 e. The molecule has 0 atom stereocenters. The van der Waals surface area contributed by atoms with Gasteiger partial charge in [-0.25, -0.2) is 9.48 Å². The van der Waals surface area contributed by atoms with Gasteiger partial charge in [0.1, 0.15) is 5.75 Å². The molecule has 1 aromatic carbocycles. The monoisotopic (exact) mass is 303 g/mol. The van der Waals surface area contributed by atoms with Crippen molar-refractivity contribution in [2.45, 2.75) is 39.7 Å². The number of hydrogen-bond donors (Lipinski definition) is 1. The number of rotatable bonds is 8. The average molecular weight is 303 g/mol. The van der Waals surface area contributed by atoms with Gasteiger partial charge in [-0.2, -0.15) is 0 Å². The van der Waals surface area contributed by atoms with Crippen molar-refractivity contribution in [3.63, 3.8) is 0 Å². The second-order valence-corrected chi connectivity index (χ2v) is 5.14. The number of carbonyl (C=O) groups is 1. The van der Waals surface area contributed by atoms with Gasteiger partial charge in [0.15, 0.2) is 5.69 Å². The number of aromatic carboxylic acids is 1. The summed E-state index contributed by atoms with van der Waals surface area (Å²) in [5, 5.41) is 16.7. The summed E-state index contributed by atoms with van der Waals surface area (Å²) < 4.78 is 7.34. The van der Waals surface area contributed by atoms with Gasteiger partial charge >= 0.3 is 5.97 Å². The molecular formula is C16H21N3O3. The number of carboxylic acids is 1.